The minimum atomic E-state index is -0.537. The van der Waals surface area contributed by atoms with E-state index in [9.17, 15) is 9.18 Å². The van der Waals surface area contributed by atoms with E-state index in [0.717, 1.165) is 11.3 Å². The maximum absolute atomic E-state index is 13.0. The van der Waals surface area contributed by atoms with Gasteiger partial charge < -0.3 is 10.6 Å². The lowest BCUT2D eigenvalue weighted by Gasteiger charge is -2.03. The first-order valence-electron chi connectivity index (χ1n) is 5.44. The molecular formula is C11H10ClFN4OS. The van der Waals surface area contributed by atoms with Crippen LogP contribution in [0.3, 0.4) is 0 Å². The van der Waals surface area contributed by atoms with Crippen molar-refractivity contribution < 1.29 is 9.18 Å². The first-order valence-corrected chi connectivity index (χ1v) is 6.63. The summed E-state index contributed by atoms with van der Waals surface area (Å²) >= 11 is 6.77. The molecule has 0 aliphatic carbocycles. The molecule has 19 heavy (non-hydrogen) atoms. The molecule has 0 saturated heterocycles. The van der Waals surface area contributed by atoms with E-state index in [0.29, 0.717) is 17.4 Å². The lowest BCUT2D eigenvalue weighted by Crippen LogP contribution is -2.11. The summed E-state index contributed by atoms with van der Waals surface area (Å²) < 4.78 is 13.0. The predicted molar refractivity (Wildman–Crippen MR) is 73.4 cm³/mol. The highest BCUT2D eigenvalue weighted by Crippen LogP contribution is 2.21. The highest BCUT2D eigenvalue weighted by atomic mass is 35.5. The van der Waals surface area contributed by atoms with Crippen molar-refractivity contribution in [2.24, 2.45) is 0 Å². The molecule has 2 N–H and O–H groups in total. The highest BCUT2D eigenvalue weighted by Gasteiger charge is 2.13. The van der Waals surface area contributed by atoms with Crippen molar-refractivity contribution in [2.75, 3.05) is 17.2 Å². The Kier molecular flexibility index (Phi) is 4.28. The number of hydrogen-bond donors (Lipinski definition) is 2. The Labute approximate surface area is 117 Å². The summed E-state index contributed by atoms with van der Waals surface area (Å²) in [6.07, 6.45) is 0. The van der Waals surface area contributed by atoms with Crippen LogP contribution in [0.2, 0.25) is 5.02 Å². The Balaban J connectivity index is 2.09. The van der Waals surface area contributed by atoms with Crippen LogP contribution in [0, 0.1) is 5.82 Å². The molecule has 8 heteroatoms. The Bertz CT molecular complexity index is 604. The fraction of sp³-hybridized carbons (Fsp3) is 0.182. The average molecular weight is 301 g/mol. The first kappa shape index (κ1) is 13.7. The van der Waals surface area contributed by atoms with Crippen LogP contribution in [-0.4, -0.2) is 22.6 Å². The summed E-state index contributed by atoms with van der Waals surface area (Å²) in [5, 5.41) is 13.8. The third-order valence-corrected chi connectivity index (χ3v) is 3.29. The largest absolute Gasteiger partial charge is 0.360 e. The quantitative estimate of drug-likeness (QED) is 0.911. The highest BCUT2D eigenvalue weighted by molar-refractivity contribution is 7.17. The predicted octanol–water partition coefficient (Wildman–Crippen LogP) is 3.01. The van der Waals surface area contributed by atoms with Gasteiger partial charge in [0.1, 0.15) is 5.82 Å². The van der Waals surface area contributed by atoms with Crippen LogP contribution >= 0.6 is 22.9 Å². The molecule has 1 heterocycles. The van der Waals surface area contributed by atoms with Crippen LogP contribution in [0.1, 0.15) is 16.7 Å². The zero-order valence-electron chi connectivity index (χ0n) is 9.91. The van der Waals surface area contributed by atoms with E-state index in [1.165, 1.54) is 18.2 Å². The third kappa shape index (κ3) is 3.39. The van der Waals surface area contributed by atoms with Crippen LogP contribution in [0.5, 0.6) is 0 Å². The number of amides is 1. The lowest BCUT2D eigenvalue weighted by molar-refractivity contribution is 0.102. The van der Waals surface area contributed by atoms with Gasteiger partial charge in [0.25, 0.3) is 5.91 Å². The molecule has 0 atom stereocenters. The zero-order valence-corrected chi connectivity index (χ0v) is 11.5. The molecule has 0 spiro atoms. The molecule has 0 radical (unpaired) electrons. The van der Waals surface area contributed by atoms with Crippen molar-refractivity contribution in [1.82, 2.24) is 10.2 Å². The van der Waals surface area contributed by atoms with Gasteiger partial charge in [0, 0.05) is 12.2 Å². The van der Waals surface area contributed by atoms with E-state index in [4.69, 9.17) is 11.6 Å². The SMILES string of the molecule is CCNc1nnc(C(=O)Nc2ccc(F)c(Cl)c2)s1. The van der Waals surface area contributed by atoms with E-state index in [1.807, 2.05) is 6.92 Å². The van der Waals surface area contributed by atoms with Gasteiger partial charge in [-0.25, -0.2) is 4.39 Å². The van der Waals surface area contributed by atoms with Crippen LogP contribution in [0.4, 0.5) is 15.2 Å². The normalized spacial score (nSPS) is 10.3. The molecule has 0 aliphatic heterocycles. The first-order chi connectivity index (χ1) is 9.10. The van der Waals surface area contributed by atoms with Gasteiger partial charge >= 0.3 is 0 Å². The number of nitrogens with one attached hydrogen (secondary N) is 2. The van der Waals surface area contributed by atoms with E-state index >= 15 is 0 Å². The maximum atomic E-state index is 13.0. The number of halogens is 2. The molecule has 0 aliphatic rings. The minimum absolute atomic E-state index is 0.0524. The summed E-state index contributed by atoms with van der Waals surface area (Å²) in [4.78, 5) is 11.9. The second-order valence-corrected chi connectivity index (χ2v) is 4.91. The monoisotopic (exact) mass is 300 g/mol. The molecule has 0 bridgehead atoms. The standard InChI is InChI=1S/C11H10ClFN4OS/c1-2-14-11-17-16-10(19-11)9(18)15-6-3-4-8(13)7(12)5-6/h3-5H,2H2,1H3,(H,14,17)(H,15,18). The van der Waals surface area contributed by atoms with Crippen molar-refractivity contribution in [3.63, 3.8) is 0 Å². The Morgan fingerprint density at radius 2 is 2.26 bits per heavy atom. The number of carbonyl (C=O) groups is 1. The summed E-state index contributed by atoms with van der Waals surface area (Å²) in [5.74, 6) is -0.950. The molecular weight excluding hydrogens is 291 g/mol. The van der Waals surface area contributed by atoms with E-state index in [-0.39, 0.29) is 10.0 Å². The van der Waals surface area contributed by atoms with Crippen molar-refractivity contribution in [2.45, 2.75) is 6.92 Å². The molecule has 100 valence electrons. The number of hydrogen-bond acceptors (Lipinski definition) is 5. The summed E-state index contributed by atoms with van der Waals surface area (Å²) in [6.45, 7) is 2.62. The molecule has 1 aromatic carbocycles. The van der Waals surface area contributed by atoms with Crippen LogP contribution in [0.15, 0.2) is 18.2 Å². The number of nitrogens with zero attached hydrogens (tertiary/aromatic N) is 2. The van der Waals surface area contributed by atoms with E-state index < -0.39 is 11.7 Å². The smallest absolute Gasteiger partial charge is 0.286 e. The van der Waals surface area contributed by atoms with E-state index in [2.05, 4.69) is 20.8 Å². The van der Waals surface area contributed by atoms with E-state index in [1.54, 1.807) is 0 Å². The fourth-order valence-corrected chi connectivity index (χ4v) is 2.18. The van der Waals surface area contributed by atoms with Gasteiger partial charge in [-0.15, -0.1) is 10.2 Å². The molecule has 1 aromatic heterocycles. The minimum Gasteiger partial charge on any atom is -0.360 e. The number of carbonyl (C=O) groups excluding carboxylic acids is 1. The third-order valence-electron chi connectivity index (χ3n) is 2.12. The summed E-state index contributed by atoms with van der Waals surface area (Å²) in [7, 11) is 0. The van der Waals surface area contributed by atoms with Gasteiger partial charge in [-0.05, 0) is 25.1 Å². The van der Waals surface area contributed by atoms with Crippen molar-refractivity contribution >= 4 is 39.7 Å². The van der Waals surface area contributed by atoms with Crippen LogP contribution in [0.25, 0.3) is 0 Å². The molecule has 2 aromatic rings. The number of anilines is 2. The average Bonchev–Trinajstić information content (AvgIpc) is 2.83. The Morgan fingerprint density at radius 1 is 1.47 bits per heavy atom. The zero-order chi connectivity index (χ0) is 13.8. The van der Waals surface area contributed by atoms with Gasteiger partial charge in [-0.2, -0.15) is 0 Å². The molecule has 0 fully saturated rings. The van der Waals surface area contributed by atoms with Gasteiger partial charge in [-0.3, -0.25) is 4.79 Å². The molecule has 0 saturated carbocycles. The topological polar surface area (TPSA) is 66.9 Å². The number of benzene rings is 1. The molecule has 2 rings (SSSR count). The molecule has 5 nitrogen and oxygen atoms in total. The molecule has 1 amide bonds. The Hall–Kier alpha value is -1.73. The summed E-state index contributed by atoms with van der Waals surface area (Å²) in [5.41, 5.74) is 0.400. The maximum Gasteiger partial charge on any atom is 0.286 e. The van der Waals surface area contributed by atoms with Gasteiger partial charge in [0.2, 0.25) is 10.1 Å². The fourth-order valence-electron chi connectivity index (χ4n) is 1.30. The van der Waals surface area contributed by atoms with Gasteiger partial charge in [0.15, 0.2) is 0 Å². The number of aromatic nitrogens is 2. The van der Waals surface area contributed by atoms with Crippen LogP contribution in [-0.2, 0) is 0 Å². The van der Waals surface area contributed by atoms with Gasteiger partial charge in [0.05, 0.1) is 5.02 Å². The second-order valence-electron chi connectivity index (χ2n) is 3.53. The van der Waals surface area contributed by atoms with Crippen molar-refractivity contribution in [3.8, 4) is 0 Å². The van der Waals surface area contributed by atoms with Crippen molar-refractivity contribution in [1.29, 1.82) is 0 Å². The molecule has 0 unspecified atom stereocenters. The van der Waals surface area contributed by atoms with Crippen molar-refractivity contribution in [3.05, 3.63) is 34.0 Å². The van der Waals surface area contributed by atoms with Gasteiger partial charge in [-0.1, -0.05) is 22.9 Å². The second kappa shape index (κ2) is 5.94. The Morgan fingerprint density at radius 3 is 2.95 bits per heavy atom. The van der Waals surface area contributed by atoms with Crippen LogP contribution < -0.4 is 10.6 Å². The number of rotatable bonds is 4. The summed E-state index contributed by atoms with van der Waals surface area (Å²) in [6, 6.07) is 3.94. The lowest BCUT2D eigenvalue weighted by atomic mass is 10.3.